The number of nitrogens with zero attached hydrogens (tertiary/aromatic N) is 2. The minimum atomic E-state index is -0.365. The Morgan fingerprint density at radius 1 is 1.15 bits per heavy atom. The molecule has 1 aromatic heterocycles. The fourth-order valence-corrected chi connectivity index (χ4v) is 5.82. The van der Waals surface area contributed by atoms with E-state index in [1.165, 1.54) is 5.56 Å². The maximum absolute atomic E-state index is 13.1. The van der Waals surface area contributed by atoms with Crippen molar-refractivity contribution in [3.63, 3.8) is 0 Å². The average Bonchev–Trinajstić information content (AvgIpc) is 2.94. The molecule has 3 unspecified atom stereocenters. The Balaban J connectivity index is 0.00000189. The molecular weight excluding hydrogens is 518 g/mol. The zero-order chi connectivity index (χ0) is 29.4. The Morgan fingerprint density at radius 3 is 2.78 bits per heavy atom. The van der Waals surface area contributed by atoms with Gasteiger partial charge in [-0.3, -0.25) is 19.9 Å². The molecule has 3 atom stereocenters. The summed E-state index contributed by atoms with van der Waals surface area (Å²) in [6, 6.07) is 8.19. The van der Waals surface area contributed by atoms with Crippen molar-refractivity contribution in [3.8, 4) is 11.5 Å². The van der Waals surface area contributed by atoms with Crippen LogP contribution in [0.5, 0.6) is 11.5 Å². The molecule has 4 heterocycles. The quantitative estimate of drug-likeness (QED) is 0.377. The van der Waals surface area contributed by atoms with Crippen molar-refractivity contribution in [2.45, 2.75) is 103 Å². The molecule has 2 amide bonds. The van der Waals surface area contributed by atoms with Gasteiger partial charge in [0.1, 0.15) is 17.1 Å². The summed E-state index contributed by atoms with van der Waals surface area (Å²) in [5, 5.41) is 5.85. The molecule has 222 valence electrons. The lowest BCUT2D eigenvalue weighted by Crippen LogP contribution is -2.43. The maximum Gasteiger partial charge on any atom is 0.228 e. The number of benzene rings is 1. The number of hydrogen-bond acceptors (Lipinski definition) is 7. The molecule has 0 radical (unpaired) electrons. The Bertz CT molecular complexity index is 1240. The van der Waals surface area contributed by atoms with E-state index < -0.39 is 0 Å². The number of unbranched alkanes of at least 4 members (excludes halogenated alkanes) is 1. The van der Waals surface area contributed by atoms with E-state index >= 15 is 0 Å². The molecule has 0 spiro atoms. The summed E-state index contributed by atoms with van der Waals surface area (Å²) in [7, 11) is 0. The first-order chi connectivity index (χ1) is 19.7. The van der Waals surface area contributed by atoms with Crippen molar-refractivity contribution in [3.05, 3.63) is 53.3 Å². The van der Waals surface area contributed by atoms with Crippen molar-refractivity contribution in [2.75, 3.05) is 6.61 Å². The van der Waals surface area contributed by atoms with Crippen molar-refractivity contribution < 1.29 is 19.1 Å². The highest BCUT2D eigenvalue weighted by atomic mass is 16.5. The number of aryl methyl sites for hydroxylation is 1. The van der Waals surface area contributed by atoms with Crippen LogP contribution in [-0.4, -0.2) is 41.0 Å². The molecule has 0 saturated heterocycles. The molecule has 0 saturated carbocycles. The number of nitrogens with two attached hydrogens (primary N) is 1. The number of ether oxygens (including phenoxy) is 2. The molecule has 0 bridgehead atoms. The predicted molar refractivity (Wildman–Crippen MR) is 160 cm³/mol. The van der Waals surface area contributed by atoms with Crippen LogP contribution in [0, 0.1) is 5.92 Å². The van der Waals surface area contributed by atoms with E-state index in [0.29, 0.717) is 31.8 Å². The van der Waals surface area contributed by atoms with Gasteiger partial charge in [-0.05, 0) is 75.1 Å². The Morgan fingerprint density at radius 2 is 1.98 bits per heavy atom. The van der Waals surface area contributed by atoms with E-state index in [9.17, 15) is 9.59 Å². The third-order valence-corrected chi connectivity index (χ3v) is 7.76. The first-order valence-electron chi connectivity index (χ1n) is 15.0. The average molecular weight is 564 g/mol. The van der Waals surface area contributed by atoms with Crippen LogP contribution in [0.4, 0.5) is 0 Å². The van der Waals surface area contributed by atoms with Gasteiger partial charge in [-0.2, -0.15) is 0 Å². The SMILES string of the molecule is CC.CC1(C)CC(NC(=O)CCC2COc3cnccc3C2)c2cc(CCCCC3CC(=O)NC(N)=N3)ccc2O1. The van der Waals surface area contributed by atoms with Crippen molar-refractivity contribution in [1.82, 2.24) is 15.6 Å². The van der Waals surface area contributed by atoms with Crippen molar-refractivity contribution in [1.29, 1.82) is 0 Å². The number of amides is 2. The van der Waals surface area contributed by atoms with Crippen LogP contribution in [0.2, 0.25) is 0 Å². The van der Waals surface area contributed by atoms with Crippen molar-refractivity contribution in [2.24, 2.45) is 16.6 Å². The number of hydrogen-bond donors (Lipinski definition) is 3. The maximum atomic E-state index is 13.1. The van der Waals surface area contributed by atoms with Gasteiger partial charge in [-0.25, -0.2) is 4.99 Å². The van der Waals surface area contributed by atoms with Crippen LogP contribution in [-0.2, 0) is 22.4 Å². The van der Waals surface area contributed by atoms with E-state index in [0.717, 1.165) is 61.2 Å². The standard InChI is InChI=1S/C30H39N5O4.C2H6/c1-30(2)16-24(34-27(36)10-8-20-13-21-11-12-32-17-26(21)38-18-20)23-14-19(7-9-25(23)39-30)5-3-4-6-22-15-28(37)35-29(31)33-22;1-2/h7,9,11-12,14,17,20,22,24H,3-6,8,10,13,15-16,18H2,1-2H3,(H,34,36)(H3,31,33,35,37);1-2H3. The zero-order valence-electron chi connectivity index (χ0n) is 24.9. The number of pyridine rings is 1. The monoisotopic (exact) mass is 563 g/mol. The number of guanidine groups is 1. The first kappa shape index (κ1) is 30.3. The van der Waals surface area contributed by atoms with E-state index in [1.54, 1.807) is 12.4 Å². The normalized spacial score (nSPS) is 22.3. The lowest BCUT2D eigenvalue weighted by atomic mass is 9.88. The van der Waals surface area contributed by atoms with Gasteiger partial charge in [-0.1, -0.05) is 32.4 Å². The molecule has 9 nitrogen and oxygen atoms in total. The molecule has 41 heavy (non-hydrogen) atoms. The minimum Gasteiger partial charge on any atom is -0.491 e. The molecule has 2 aromatic rings. The Hall–Kier alpha value is -3.62. The summed E-state index contributed by atoms with van der Waals surface area (Å²) in [4.78, 5) is 33.2. The zero-order valence-corrected chi connectivity index (χ0v) is 24.9. The number of aromatic nitrogens is 1. The van der Waals surface area contributed by atoms with E-state index in [2.05, 4.69) is 46.6 Å². The molecule has 4 N–H and O–H groups in total. The van der Waals surface area contributed by atoms with Gasteiger partial charge in [0.25, 0.3) is 0 Å². The fraction of sp³-hybridized carbons (Fsp3) is 0.562. The lowest BCUT2D eigenvalue weighted by molar-refractivity contribution is -0.123. The van der Waals surface area contributed by atoms with E-state index in [4.69, 9.17) is 15.2 Å². The number of rotatable bonds is 9. The fourth-order valence-electron chi connectivity index (χ4n) is 5.82. The predicted octanol–water partition coefficient (Wildman–Crippen LogP) is 4.77. The lowest BCUT2D eigenvalue weighted by Gasteiger charge is -2.38. The summed E-state index contributed by atoms with van der Waals surface area (Å²) >= 11 is 0. The highest BCUT2D eigenvalue weighted by Crippen LogP contribution is 2.40. The van der Waals surface area contributed by atoms with E-state index in [1.807, 2.05) is 26.0 Å². The number of fused-ring (bicyclic) bond motifs is 2. The Kier molecular flexibility index (Phi) is 10.2. The topological polar surface area (TPSA) is 128 Å². The van der Waals surface area contributed by atoms with Crippen molar-refractivity contribution >= 4 is 17.8 Å². The Labute approximate surface area is 243 Å². The summed E-state index contributed by atoms with van der Waals surface area (Å²) in [6.45, 7) is 8.75. The summed E-state index contributed by atoms with van der Waals surface area (Å²) in [5.74, 6) is 2.23. The van der Waals surface area contributed by atoms with Gasteiger partial charge in [-0.15, -0.1) is 0 Å². The molecule has 1 aromatic carbocycles. The molecule has 3 aliphatic heterocycles. The summed E-state index contributed by atoms with van der Waals surface area (Å²) < 4.78 is 12.1. The van der Waals surface area contributed by atoms with Crippen LogP contribution in [0.25, 0.3) is 0 Å². The van der Waals surface area contributed by atoms with Crippen LogP contribution in [0.3, 0.4) is 0 Å². The highest BCUT2D eigenvalue weighted by molar-refractivity contribution is 5.98. The number of carbonyl (C=O) groups excluding carboxylic acids is 2. The molecule has 3 aliphatic rings. The van der Waals surface area contributed by atoms with Gasteiger partial charge in [0.05, 0.1) is 24.9 Å². The number of nitrogens with one attached hydrogen (secondary N) is 2. The second-order valence-electron chi connectivity index (χ2n) is 11.6. The third-order valence-electron chi connectivity index (χ3n) is 7.76. The van der Waals surface area contributed by atoms with Crippen LogP contribution >= 0.6 is 0 Å². The molecule has 5 rings (SSSR count). The third kappa shape index (κ3) is 8.44. The van der Waals surface area contributed by atoms with Crippen LogP contribution in [0.1, 0.15) is 95.4 Å². The number of carbonyl (C=O) groups is 2. The van der Waals surface area contributed by atoms with Gasteiger partial charge in [0, 0.05) is 31.0 Å². The molecular formula is C32H45N5O4. The smallest absolute Gasteiger partial charge is 0.228 e. The highest BCUT2D eigenvalue weighted by Gasteiger charge is 2.35. The van der Waals surface area contributed by atoms with Gasteiger partial charge < -0.3 is 20.5 Å². The minimum absolute atomic E-state index is 0.0376. The number of aliphatic imine (C=N–C) groups is 1. The summed E-state index contributed by atoms with van der Waals surface area (Å²) in [6.07, 6.45) is 10.5. The largest absolute Gasteiger partial charge is 0.491 e. The van der Waals surface area contributed by atoms with Gasteiger partial charge >= 0.3 is 0 Å². The van der Waals surface area contributed by atoms with Gasteiger partial charge in [0.2, 0.25) is 11.8 Å². The second-order valence-corrected chi connectivity index (χ2v) is 11.6. The molecule has 0 fully saturated rings. The van der Waals surface area contributed by atoms with Crippen LogP contribution in [0.15, 0.2) is 41.7 Å². The van der Waals surface area contributed by atoms with Gasteiger partial charge in [0.15, 0.2) is 5.96 Å². The van der Waals surface area contributed by atoms with E-state index in [-0.39, 0.29) is 35.5 Å². The molecule has 9 heteroatoms. The van der Waals surface area contributed by atoms with Crippen LogP contribution < -0.4 is 25.8 Å². The first-order valence-corrected chi connectivity index (χ1v) is 15.0. The summed E-state index contributed by atoms with van der Waals surface area (Å²) in [5.41, 5.74) is 8.74. The second kappa shape index (κ2) is 13.8. The molecule has 0 aliphatic carbocycles.